The van der Waals surface area contributed by atoms with Crippen LogP contribution in [0.5, 0.6) is 0 Å². The van der Waals surface area contributed by atoms with Crippen LogP contribution in [0.2, 0.25) is 0 Å². The zero-order valence-corrected chi connectivity index (χ0v) is 41.4. The zero-order chi connectivity index (χ0) is 51.0. The minimum Gasteiger partial charge on any atom is -0.462 e. The topological polar surface area (TPSA) is 231 Å². The second kappa shape index (κ2) is 40.5. The number of unbranched alkanes of at least 4 members (excludes halogenated alkanes) is 2. The Labute approximate surface area is 416 Å². The van der Waals surface area contributed by atoms with E-state index in [2.05, 4.69) is 111 Å². The number of aliphatic hydroxyl groups is 7. The average molecular weight is 985 g/mol. The summed E-state index contributed by atoms with van der Waals surface area (Å²) in [5.41, 5.74) is 0. The van der Waals surface area contributed by atoms with Crippen LogP contribution in [-0.2, 0) is 38.0 Å². The van der Waals surface area contributed by atoms with E-state index in [-0.39, 0.29) is 19.4 Å². The summed E-state index contributed by atoms with van der Waals surface area (Å²) >= 11 is 0. The minimum atomic E-state index is -1.79. The van der Waals surface area contributed by atoms with Gasteiger partial charge in [-0.15, -0.1) is 0 Å². The van der Waals surface area contributed by atoms with Crippen LogP contribution in [0.4, 0.5) is 0 Å². The standard InChI is InChI=1S/C55H84O15/c1-3-5-7-9-11-13-15-17-19-21-23-25-27-29-31-33-35-37-46(57)65-40-43(68-47(58)38-36-34-32-30-28-26-24-22-20-18-16-14-12-10-8-6-4-2)41-66-54-53(64)51(62)49(60)45(70-54)42-67-55-52(63)50(61)48(59)44(39-56)69-55/h5-8,11-14,17-20,23-26,29-32,43-45,48-56,59-64H,3-4,9-10,15-16,21-22,27-28,33-42H2,1-2H3/t43-,44-,45-,48+,49+,50+,51+,52-,53-,54-,55+/m1/s1. The summed E-state index contributed by atoms with van der Waals surface area (Å²) in [5.74, 6) is -1.08. The lowest BCUT2D eigenvalue weighted by Crippen LogP contribution is -2.61. The third-order valence-electron chi connectivity index (χ3n) is 10.9. The van der Waals surface area contributed by atoms with Crippen LogP contribution in [0.25, 0.3) is 0 Å². The molecule has 2 fully saturated rings. The summed E-state index contributed by atoms with van der Waals surface area (Å²) in [7, 11) is 0. The molecule has 0 bridgehead atoms. The summed E-state index contributed by atoms with van der Waals surface area (Å²) in [6.07, 6.45) is 36.7. The van der Waals surface area contributed by atoms with Gasteiger partial charge in [-0.3, -0.25) is 9.59 Å². The maximum absolute atomic E-state index is 13.0. The Balaban J connectivity index is 1.88. The van der Waals surface area contributed by atoms with Crippen molar-refractivity contribution in [1.29, 1.82) is 0 Å². The normalized spacial score (nSPS) is 26.4. The molecule has 2 aliphatic rings. The van der Waals surface area contributed by atoms with Gasteiger partial charge in [-0.1, -0.05) is 135 Å². The van der Waals surface area contributed by atoms with Crippen molar-refractivity contribution in [2.75, 3.05) is 26.4 Å². The molecule has 7 N–H and O–H groups in total. The van der Waals surface area contributed by atoms with Gasteiger partial charge in [0.25, 0.3) is 0 Å². The van der Waals surface area contributed by atoms with Gasteiger partial charge in [-0.25, -0.2) is 0 Å². The van der Waals surface area contributed by atoms with Crippen LogP contribution in [-0.4, -0.2) is 142 Å². The molecule has 2 saturated heterocycles. The molecule has 0 aliphatic carbocycles. The van der Waals surface area contributed by atoms with Gasteiger partial charge in [0.1, 0.15) is 55.4 Å². The Bertz CT molecular complexity index is 1680. The molecule has 0 amide bonds. The summed E-state index contributed by atoms with van der Waals surface area (Å²) in [5, 5.41) is 72.1. The maximum atomic E-state index is 13.0. The first-order valence-corrected chi connectivity index (χ1v) is 25.1. The molecule has 0 spiro atoms. The van der Waals surface area contributed by atoms with E-state index >= 15 is 0 Å². The Kier molecular flexibility index (Phi) is 35.9. The fourth-order valence-corrected chi connectivity index (χ4v) is 6.87. The Hall–Kier alpha value is -4.10. The molecule has 15 nitrogen and oxygen atoms in total. The van der Waals surface area contributed by atoms with E-state index < -0.39 is 99.3 Å². The predicted octanol–water partition coefficient (Wildman–Crippen LogP) is 6.93. The van der Waals surface area contributed by atoms with Gasteiger partial charge < -0.3 is 64.2 Å². The molecule has 0 radical (unpaired) electrons. The Morgan fingerprint density at radius 2 is 0.829 bits per heavy atom. The number of hydrogen-bond donors (Lipinski definition) is 7. The first-order valence-electron chi connectivity index (χ1n) is 25.1. The van der Waals surface area contributed by atoms with Crippen molar-refractivity contribution in [3.63, 3.8) is 0 Å². The van der Waals surface area contributed by atoms with E-state index in [0.717, 1.165) is 64.2 Å². The summed E-state index contributed by atoms with van der Waals surface area (Å²) in [6, 6.07) is 0. The number of rotatable bonds is 36. The smallest absolute Gasteiger partial charge is 0.306 e. The molecule has 0 aromatic heterocycles. The van der Waals surface area contributed by atoms with Crippen molar-refractivity contribution in [2.45, 2.75) is 184 Å². The van der Waals surface area contributed by atoms with Gasteiger partial charge in [-0.05, 0) is 89.9 Å². The molecule has 70 heavy (non-hydrogen) atoms. The van der Waals surface area contributed by atoms with Gasteiger partial charge >= 0.3 is 11.9 Å². The lowest BCUT2D eigenvalue weighted by atomic mass is 9.98. The summed E-state index contributed by atoms with van der Waals surface area (Å²) < 4.78 is 33.4. The van der Waals surface area contributed by atoms with Crippen LogP contribution in [0, 0.1) is 0 Å². The van der Waals surface area contributed by atoms with E-state index in [9.17, 15) is 45.3 Å². The predicted molar refractivity (Wildman–Crippen MR) is 270 cm³/mol. The molecule has 2 heterocycles. The van der Waals surface area contributed by atoms with Crippen LogP contribution >= 0.6 is 0 Å². The average Bonchev–Trinajstić information content (AvgIpc) is 3.35. The molecule has 0 aromatic carbocycles. The van der Waals surface area contributed by atoms with Crippen LogP contribution in [0.15, 0.2) is 122 Å². The molecular formula is C55H84O15. The minimum absolute atomic E-state index is 0.0663. The monoisotopic (exact) mass is 985 g/mol. The number of aliphatic hydroxyl groups excluding tert-OH is 7. The second-order valence-corrected chi connectivity index (χ2v) is 16.9. The number of ether oxygens (including phenoxy) is 6. The van der Waals surface area contributed by atoms with Crippen LogP contribution in [0.3, 0.4) is 0 Å². The maximum Gasteiger partial charge on any atom is 0.306 e. The van der Waals surface area contributed by atoms with Gasteiger partial charge in [0.15, 0.2) is 18.7 Å². The highest BCUT2D eigenvalue weighted by Crippen LogP contribution is 2.26. The van der Waals surface area contributed by atoms with Crippen molar-refractivity contribution in [3.8, 4) is 0 Å². The summed E-state index contributed by atoms with van der Waals surface area (Å²) in [6.45, 7) is 2.20. The van der Waals surface area contributed by atoms with E-state index in [1.807, 2.05) is 24.3 Å². The quantitative estimate of drug-likeness (QED) is 0.0192. The molecule has 11 atom stereocenters. The number of hydrogen-bond acceptors (Lipinski definition) is 15. The fraction of sp³-hybridized carbons (Fsp3) is 0.600. The Morgan fingerprint density at radius 1 is 0.457 bits per heavy atom. The van der Waals surface area contributed by atoms with Gasteiger partial charge in [0.2, 0.25) is 0 Å². The molecule has 0 aromatic rings. The SMILES string of the molecule is CCC=CCC=CCC=CCC=CCC=CCCCC(=O)OC[C@H](CO[C@@H]1O[C@H](CO[C@H]2O[C@H](CO)[C@H](O)[C@H](O)[C@H]2O)[C@H](O)[C@H](O)[C@H]1O)OC(=O)CCCC=CCC=CCC=CCC=CCC=CCC. The lowest BCUT2D eigenvalue weighted by molar-refractivity contribution is -0.332. The van der Waals surface area contributed by atoms with Gasteiger partial charge in [-0.2, -0.15) is 0 Å². The third-order valence-corrected chi connectivity index (χ3v) is 10.9. The number of allylic oxidation sites excluding steroid dienone is 20. The second-order valence-electron chi connectivity index (χ2n) is 16.9. The highest BCUT2D eigenvalue weighted by Gasteiger charge is 2.47. The lowest BCUT2D eigenvalue weighted by Gasteiger charge is -2.42. The molecule has 15 heteroatoms. The molecule has 394 valence electrons. The highest BCUT2D eigenvalue weighted by molar-refractivity contribution is 5.70. The van der Waals surface area contributed by atoms with Gasteiger partial charge in [0.05, 0.1) is 19.8 Å². The van der Waals surface area contributed by atoms with Crippen molar-refractivity contribution >= 4 is 11.9 Å². The summed E-state index contributed by atoms with van der Waals surface area (Å²) in [4.78, 5) is 25.7. The molecule has 2 rings (SSSR count). The van der Waals surface area contributed by atoms with E-state index in [0.29, 0.717) is 25.7 Å². The molecule has 0 saturated carbocycles. The van der Waals surface area contributed by atoms with Crippen LogP contribution < -0.4 is 0 Å². The first kappa shape index (κ1) is 62.0. The molecule has 0 unspecified atom stereocenters. The van der Waals surface area contributed by atoms with E-state index in [4.69, 9.17) is 28.4 Å². The Morgan fingerprint density at radius 3 is 1.26 bits per heavy atom. The fourth-order valence-electron chi connectivity index (χ4n) is 6.87. The van der Waals surface area contributed by atoms with E-state index in [1.165, 1.54) is 0 Å². The van der Waals surface area contributed by atoms with Crippen molar-refractivity contribution in [1.82, 2.24) is 0 Å². The molecule has 2 aliphatic heterocycles. The zero-order valence-electron chi connectivity index (χ0n) is 41.4. The highest BCUT2D eigenvalue weighted by atomic mass is 16.7. The van der Waals surface area contributed by atoms with Crippen molar-refractivity contribution in [2.24, 2.45) is 0 Å². The number of esters is 2. The van der Waals surface area contributed by atoms with Crippen molar-refractivity contribution in [3.05, 3.63) is 122 Å². The van der Waals surface area contributed by atoms with Crippen LogP contribution in [0.1, 0.15) is 117 Å². The number of carbonyl (C=O) groups is 2. The third kappa shape index (κ3) is 28.1. The first-order chi connectivity index (χ1) is 34.0. The van der Waals surface area contributed by atoms with Crippen molar-refractivity contribution < 1.29 is 73.8 Å². The van der Waals surface area contributed by atoms with E-state index in [1.54, 1.807) is 0 Å². The van der Waals surface area contributed by atoms with Gasteiger partial charge in [0, 0.05) is 12.8 Å². The number of carbonyl (C=O) groups excluding carboxylic acids is 2. The molecular weight excluding hydrogens is 901 g/mol. The largest absolute Gasteiger partial charge is 0.462 e.